The lowest BCUT2D eigenvalue weighted by Gasteiger charge is -2.09. The maximum atomic E-state index is 10.9. The molecule has 0 bridgehead atoms. The van der Waals surface area contributed by atoms with Gasteiger partial charge in [0.1, 0.15) is 5.75 Å². The number of ether oxygens (including phenoxy) is 1. The van der Waals surface area contributed by atoms with Crippen LogP contribution in [0.25, 0.3) is 6.08 Å². The van der Waals surface area contributed by atoms with Gasteiger partial charge >= 0.3 is 0 Å². The first-order valence-electron chi connectivity index (χ1n) is 7.99. The van der Waals surface area contributed by atoms with Crippen LogP contribution in [0.4, 0.5) is 0 Å². The third kappa shape index (κ3) is 6.77. The van der Waals surface area contributed by atoms with E-state index in [2.05, 4.69) is 20.7 Å². The highest BCUT2D eigenvalue weighted by molar-refractivity contribution is 9.10. The van der Waals surface area contributed by atoms with Gasteiger partial charge in [-0.3, -0.25) is 14.7 Å². The Morgan fingerprint density at radius 1 is 1.40 bits per heavy atom. The molecule has 3 N–H and O–H groups in total. The molecule has 140 valence electrons. The van der Waals surface area contributed by atoms with Crippen LogP contribution in [0.2, 0.25) is 0 Å². The van der Waals surface area contributed by atoms with Gasteiger partial charge in [-0.1, -0.05) is 28.8 Å². The quantitative estimate of drug-likeness (QED) is 0.156. The number of benzene rings is 1. The first-order chi connectivity index (χ1) is 12.1. The molecule has 1 aliphatic heterocycles. The molecule has 1 aliphatic rings. The van der Waals surface area contributed by atoms with Gasteiger partial charge < -0.3 is 9.62 Å². The highest BCUT2D eigenvalue weighted by atomic mass is 79.9. The highest BCUT2D eigenvalue weighted by Gasteiger charge is 2.18. The number of halogens is 1. The van der Waals surface area contributed by atoms with Gasteiger partial charge in [0.05, 0.1) is 7.11 Å². The monoisotopic (exact) mass is 434 g/mol. The maximum absolute atomic E-state index is 10.9. The molecule has 25 heavy (non-hydrogen) atoms. The molecule has 0 spiro atoms. The van der Waals surface area contributed by atoms with Gasteiger partial charge in [0, 0.05) is 22.7 Å². The van der Waals surface area contributed by atoms with Crippen molar-refractivity contribution in [3.63, 3.8) is 0 Å². The van der Waals surface area contributed by atoms with E-state index in [1.54, 1.807) is 12.6 Å². The summed E-state index contributed by atoms with van der Waals surface area (Å²) in [7, 11) is 1.63. The van der Waals surface area contributed by atoms with E-state index in [4.69, 9.17) is 19.2 Å². The molecular formula is C16H23BrN2O5S. The zero-order valence-electron chi connectivity index (χ0n) is 14.0. The van der Waals surface area contributed by atoms with Gasteiger partial charge in [-0.25, -0.2) is 5.48 Å². The zero-order chi connectivity index (χ0) is 18.1. The van der Waals surface area contributed by atoms with Gasteiger partial charge in [0.15, 0.2) is 0 Å². The van der Waals surface area contributed by atoms with Crippen molar-refractivity contribution in [3.05, 3.63) is 34.1 Å². The highest BCUT2D eigenvalue weighted by Crippen LogP contribution is 2.34. The van der Waals surface area contributed by atoms with Crippen LogP contribution in [0, 0.1) is 0 Å². The largest absolute Gasteiger partial charge is 0.497 e. The summed E-state index contributed by atoms with van der Waals surface area (Å²) in [5.41, 5.74) is 2.60. The summed E-state index contributed by atoms with van der Waals surface area (Å²) in [5, 5.41) is 8.40. The molecule has 0 aromatic heterocycles. The maximum Gasteiger partial charge on any atom is 0.243 e. The minimum absolute atomic E-state index is 0.335. The normalized spacial score (nSPS) is 19.3. The minimum atomic E-state index is -0.836. The van der Waals surface area contributed by atoms with E-state index in [-0.39, 0.29) is 5.91 Å². The number of hydrogen-bond donors (Lipinski definition) is 4. The Morgan fingerprint density at radius 3 is 2.92 bits per heavy atom. The topological polar surface area (TPSA) is 89.1 Å². The van der Waals surface area contributed by atoms with Crippen molar-refractivity contribution in [2.75, 3.05) is 12.9 Å². The average molecular weight is 435 g/mol. The van der Waals surface area contributed by atoms with E-state index in [1.807, 2.05) is 24.3 Å². The predicted molar refractivity (Wildman–Crippen MR) is 101 cm³/mol. The Hall–Kier alpha value is -1.42. The summed E-state index contributed by atoms with van der Waals surface area (Å²) < 4.78 is 14.7. The summed E-state index contributed by atoms with van der Waals surface area (Å²) in [6.07, 6.45) is 5.94. The average Bonchev–Trinajstić information content (AvgIpc) is 3.06. The Morgan fingerprint density at radius 2 is 2.20 bits per heavy atom. The molecule has 1 atom stereocenters. The zero-order valence-corrected chi connectivity index (χ0v) is 16.4. The van der Waals surface area contributed by atoms with Crippen LogP contribution in [0.1, 0.15) is 37.7 Å². The summed E-state index contributed by atoms with van der Waals surface area (Å²) in [6.45, 7) is 0. The fraction of sp³-hybridized carbons (Fsp3) is 0.438. The number of carbonyl (C=O) groups is 1. The smallest absolute Gasteiger partial charge is 0.243 e. The van der Waals surface area contributed by atoms with E-state index >= 15 is 0 Å². The Balaban J connectivity index is 1.70. The molecule has 1 heterocycles. The number of hydrogen-bond acceptors (Lipinski definition) is 6. The summed E-state index contributed by atoms with van der Waals surface area (Å²) in [4.78, 5) is 16.1. The number of amides is 1. The number of rotatable bonds is 9. The Kier molecular flexibility index (Phi) is 8.39. The number of methoxy groups -OCH3 is 1. The molecule has 1 saturated heterocycles. The van der Waals surface area contributed by atoms with E-state index in [0.717, 1.165) is 47.2 Å². The van der Waals surface area contributed by atoms with Crippen molar-refractivity contribution in [1.29, 1.82) is 0 Å². The van der Waals surface area contributed by atoms with E-state index in [1.165, 1.54) is 0 Å². The van der Waals surface area contributed by atoms with Crippen molar-refractivity contribution in [1.82, 2.24) is 10.2 Å². The van der Waals surface area contributed by atoms with Crippen LogP contribution >= 0.6 is 27.3 Å². The summed E-state index contributed by atoms with van der Waals surface area (Å²) in [5.74, 6) is 1.92. The SMILES string of the molecule is COc1ccc(/C=C2/N[SH](CCCCCCC(=O)NO)OO2)c(Br)c1. The molecule has 2 rings (SSSR count). The number of carbonyl (C=O) groups excluding carboxylic acids is 1. The van der Waals surface area contributed by atoms with Crippen LogP contribution < -0.4 is 14.9 Å². The Bertz CT molecular complexity index is 614. The standard InChI is InChI=1S/C16H23BrN2O5S/c1-22-13-8-7-12(14(17)11-13)10-16-19-25(24-23-16)9-5-3-2-4-6-15(20)18-21/h7-8,10-11,19,21,25H,2-6,9H2,1H3,(H,18,20)/b16-10-. The number of unbranched alkanes of at least 4 members (excludes halogenated alkanes) is 3. The van der Waals surface area contributed by atoms with Gasteiger partial charge in [-0.15, -0.1) is 4.33 Å². The van der Waals surface area contributed by atoms with Crippen LogP contribution in [-0.4, -0.2) is 24.0 Å². The van der Waals surface area contributed by atoms with E-state index in [0.29, 0.717) is 12.3 Å². The van der Waals surface area contributed by atoms with Crippen LogP contribution in [0.5, 0.6) is 5.75 Å². The third-order valence-corrected chi connectivity index (χ3v) is 5.72. The Labute approximate surface area is 158 Å². The van der Waals surface area contributed by atoms with Crippen LogP contribution in [0.15, 0.2) is 28.6 Å². The molecule has 9 heteroatoms. The third-order valence-electron chi connectivity index (χ3n) is 3.59. The molecule has 1 unspecified atom stereocenters. The van der Waals surface area contributed by atoms with Gasteiger partial charge in [0.25, 0.3) is 0 Å². The van der Waals surface area contributed by atoms with Gasteiger partial charge in [0.2, 0.25) is 11.8 Å². The number of nitrogens with one attached hydrogen (secondary N) is 2. The molecule has 0 radical (unpaired) electrons. The lowest BCUT2D eigenvalue weighted by atomic mass is 10.1. The first kappa shape index (κ1) is 19.9. The minimum Gasteiger partial charge on any atom is -0.497 e. The fourth-order valence-corrected chi connectivity index (χ4v) is 3.96. The lowest BCUT2D eigenvalue weighted by Crippen LogP contribution is -2.17. The van der Waals surface area contributed by atoms with Crippen molar-refractivity contribution < 1.29 is 24.0 Å². The second kappa shape index (κ2) is 10.5. The second-order valence-corrected chi connectivity index (χ2v) is 7.90. The fourth-order valence-electron chi connectivity index (χ4n) is 2.24. The number of hydroxylamine groups is 1. The molecule has 1 fully saturated rings. The molecule has 0 aliphatic carbocycles. The summed E-state index contributed by atoms with van der Waals surface area (Å²) in [6, 6.07) is 5.71. The van der Waals surface area contributed by atoms with Crippen LogP contribution in [-0.2, 0) is 14.0 Å². The lowest BCUT2D eigenvalue weighted by molar-refractivity contribution is -0.135. The van der Waals surface area contributed by atoms with Crippen molar-refractivity contribution in [2.24, 2.45) is 0 Å². The van der Waals surface area contributed by atoms with Crippen LogP contribution in [0.3, 0.4) is 0 Å². The predicted octanol–water partition coefficient (Wildman–Crippen LogP) is 3.59. The number of thiol groups is 1. The van der Waals surface area contributed by atoms with Crippen molar-refractivity contribution in [3.8, 4) is 5.75 Å². The second-order valence-electron chi connectivity index (χ2n) is 5.47. The molecule has 1 amide bonds. The van der Waals surface area contributed by atoms with Gasteiger partial charge in [-0.2, -0.15) is 0 Å². The molecule has 1 aromatic carbocycles. The van der Waals surface area contributed by atoms with Gasteiger partial charge in [-0.05, 0) is 48.0 Å². The van der Waals surface area contributed by atoms with Crippen molar-refractivity contribution >= 4 is 39.3 Å². The first-order valence-corrected chi connectivity index (χ1v) is 10.2. The van der Waals surface area contributed by atoms with Crippen molar-refractivity contribution in [2.45, 2.75) is 32.1 Å². The van der Waals surface area contributed by atoms with E-state index < -0.39 is 11.4 Å². The van der Waals surface area contributed by atoms with E-state index in [9.17, 15) is 4.79 Å². The summed E-state index contributed by atoms with van der Waals surface area (Å²) >= 11 is 2.67. The molecule has 0 saturated carbocycles. The molecular weight excluding hydrogens is 412 g/mol. The molecule has 7 nitrogen and oxygen atoms in total. The molecule has 1 aromatic rings.